The molecule has 0 aliphatic heterocycles. The Bertz CT molecular complexity index is 412. The molecule has 5 heteroatoms. The molecule has 2 unspecified atom stereocenters. The van der Waals surface area contributed by atoms with Crippen molar-refractivity contribution in [1.29, 1.82) is 0 Å². The molecule has 3 nitrogen and oxygen atoms in total. The van der Waals surface area contributed by atoms with Crippen molar-refractivity contribution in [1.82, 2.24) is 4.98 Å². The first kappa shape index (κ1) is 12.8. The topological polar surface area (TPSA) is 48.1 Å². The molecule has 0 radical (unpaired) electrons. The van der Waals surface area contributed by atoms with Crippen LogP contribution in [-0.4, -0.2) is 11.1 Å². The second kappa shape index (κ2) is 5.32. The monoisotopic (exact) mass is 274 g/mol. The summed E-state index contributed by atoms with van der Waals surface area (Å²) >= 11 is 11.9. The van der Waals surface area contributed by atoms with Gasteiger partial charge in [-0.05, 0) is 31.2 Å². The number of ether oxygens (including phenoxy) is 1. The van der Waals surface area contributed by atoms with E-state index in [0.717, 1.165) is 12.8 Å². The number of anilines is 1. The molecular formula is C12H16Cl2N2O. The highest BCUT2D eigenvalue weighted by atomic mass is 35.5. The van der Waals surface area contributed by atoms with E-state index in [2.05, 4.69) is 11.9 Å². The Labute approximate surface area is 111 Å². The highest BCUT2D eigenvalue weighted by molar-refractivity contribution is 6.36. The Hall–Kier alpha value is -0.670. The fourth-order valence-electron chi connectivity index (χ4n) is 2.19. The van der Waals surface area contributed by atoms with Crippen LogP contribution >= 0.6 is 23.2 Å². The molecule has 2 N–H and O–H groups in total. The average molecular weight is 275 g/mol. The normalized spacial score (nSPS) is 24.6. The Morgan fingerprint density at radius 3 is 2.82 bits per heavy atom. The van der Waals surface area contributed by atoms with Gasteiger partial charge >= 0.3 is 0 Å². The second-order valence-electron chi connectivity index (χ2n) is 4.65. The lowest BCUT2D eigenvalue weighted by molar-refractivity contribution is 0.124. The summed E-state index contributed by atoms with van der Waals surface area (Å²) in [6.45, 7) is 2.24. The molecule has 0 bridgehead atoms. The van der Waals surface area contributed by atoms with Gasteiger partial charge in [0.25, 0.3) is 0 Å². The van der Waals surface area contributed by atoms with E-state index in [1.807, 2.05) is 0 Å². The molecule has 1 aromatic rings. The highest BCUT2D eigenvalue weighted by Gasteiger charge is 2.22. The summed E-state index contributed by atoms with van der Waals surface area (Å²) in [5.74, 6) is 1.35. The number of aromatic nitrogens is 1. The van der Waals surface area contributed by atoms with E-state index in [1.54, 1.807) is 6.07 Å². The number of rotatable bonds is 2. The van der Waals surface area contributed by atoms with Crippen molar-refractivity contribution in [3.8, 4) is 5.88 Å². The molecule has 1 aliphatic rings. The Kier molecular flexibility index (Phi) is 4.00. The summed E-state index contributed by atoms with van der Waals surface area (Å²) in [4.78, 5) is 4.08. The maximum Gasteiger partial charge on any atom is 0.234 e. The highest BCUT2D eigenvalue weighted by Crippen LogP contribution is 2.32. The van der Waals surface area contributed by atoms with Crippen LogP contribution in [0.5, 0.6) is 5.88 Å². The largest absolute Gasteiger partial charge is 0.473 e. The lowest BCUT2D eigenvalue weighted by Gasteiger charge is -2.27. The van der Waals surface area contributed by atoms with Gasteiger partial charge in [0.2, 0.25) is 5.88 Å². The number of halogens is 2. The zero-order valence-corrected chi connectivity index (χ0v) is 11.3. The zero-order valence-electron chi connectivity index (χ0n) is 9.75. The third kappa shape index (κ3) is 3.17. The van der Waals surface area contributed by atoms with Gasteiger partial charge in [0, 0.05) is 0 Å². The molecular weight excluding hydrogens is 259 g/mol. The molecule has 1 heterocycles. The van der Waals surface area contributed by atoms with Crippen LogP contribution in [0.25, 0.3) is 0 Å². The molecule has 1 aromatic heterocycles. The molecule has 1 saturated carbocycles. The summed E-state index contributed by atoms with van der Waals surface area (Å²) in [6.07, 6.45) is 4.73. The molecule has 2 rings (SSSR count). The molecule has 94 valence electrons. The quantitative estimate of drug-likeness (QED) is 0.889. The number of nitrogens with zero attached hydrogens (tertiary/aromatic N) is 1. The van der Waals surface area contributed by atoms with Gasteiger partial charge in [0.05, 0.1) is 5.02 Å². The second-order valence-corrected chi connectivity index (χ2v) is 5.47. The summed E-state index contributed by atoms with van der Waals surface area (Å²) in [6, 6.07) is 1.58. The Morgan fingerprint density at radius 2 is 2.12 bits per heavy atom. The number of pyridine rings is 1. The fourth-order valence-corrected chi connectivity index (χ4v) is 2.59. The fraction of sp³-hybridized carbons (Fsp3) is 0.583. The van der Waals surface area contributed by atoms with Crippen molar-refractivity contribution in [2.45, 2.75) is 38.7 Å². The first-order valence-electron chi connectivity index (χ1n) is 5.84. The molecule has 17 heavy (non-hydrogen) atoms. The van der Waals surface area contributed by atoms with Gasteiger partial charge in [-0.2, -0.15) is 4.98 Å². The summed E-state index contributed by atoms with van der Waals surface area (Å²) < 4.78 is 5.81. The Balaban J connectivity index is 2.10. The standard InChI is InChI=1S/C12H16Cl2N2O/c1-7-3-2-4-8(5-7)17-12-10(14)6-9(13)11(15)16-12/h6-8H,2-5H2,1H3,(H2,15,16). The smallest absolute Gasteiger partial charge is 0.234 e. The van der Waals surface area contributed by atoms with Crippen molar-refractivity contribution < 1.29 is 4.74 Å². The molecule has 1 fully saturated rings. The molecule has 0 spiro atoms. The molecule has 1 aliphatic carbocycles. The van der Waals surface area contributed by atoms with Crippen LogP contribution in [0, 0.1) is 5.92 Å². The third-order valence-electron chi connectivity index (χ3n) is 3.09. The van der Waals surface area contributed by atoms with E-state index >= 15 is 0 Å². The van der Waals surface area contributed by atoms with Gasteiger partial charge in [-0.3, -0.25) is 0 Å². The molecule has 2 atom stereocenters. The van der Waals surface area contributed by atoms with Crippen molar-refractivity contribution in [3.63, 3.8) is 0 Å². The number of hydrogen-bond donors (Lipinski definition) is 1. The zero-order chi connectivity index (χ0) is 12.4. The molecule has 0 saturated heterocycles. The first-order chi connectivity index (χ1) is 8.06. The molecule has 0 aromatic carbocycles. The minimum atomic E-state index is 0.185. The van der Waals surface area contributed by atoms with Crippen LogP contribution in [-0.2, 0) is 0 Å². The lowest BCUT2D eigenvalue weighted by Crippen LogP contribution is -2.24. The van der Waals surface area contributed by atoms with Gasteiger partial charge in [-0.25, -0.2) is 0 Å². The molecule has 0 amide bonds. The summed E-state index contributed by atoms with van der Waals surface area (Å²) in [7, 11) is 0. The number of nitrogen functional groups attached to an aromatic ring is 1. The summed E-state index contributed by atoms with van der Waals surface area (Å²) in [5.41, 5.74) is 5.64. The van der Waals surface area contributed by atoms with Crippen LogP contribution in [0.2, 0.25) is 10.0 Å². The first-order valence-corrected chi connectivity index (χ1v) is 6.60. The van der Waals surface area contributed by atoms with E-state index in [4.69, 9.17) is 33.7 Å². The van der Waals surface area contributed by atoms with Crippen LogP contribution in [0.3, 0.4) is 0 Å². The minimum Gasteiger partial charge on any atom is -0.473 e. The number of hydrogen-bond acceptors (Lipinski definition) is 3. The van der Waals surface area contributed by atoms with E-state index in [-0.39, 0.29) is 11.9 Å². The van der Waals surface area contributed by atoms with Crippen molar-refractivity contribution in [2.24, 2.45) is 5.92 Å². The maximum absolute atomic E-state index is 6.03. The van der Waals surface area contributed by atoms with Gasteiger partial charge in [0.1, 0.15) is 16.9 Å². The SMILES string of the molecule is CC1CCCC(Oc2nc(N)c(Cl)cc2Cl)C1. The van der Waals surface area contributed by atoms with Crippen LogP contribution in [0.4, 0.5) is 5.82 Å². The van der Waals surface area contributed by atoms with Crippen LogP contribution < -0.4 is 10.5 Å². The van der Waals surface area contributed by atoms with Crippen molar-refractivity contribution in [3.05, 3.63) is 16.1 Å². The van der Waals surface area contributed by atoms with E-state index in [1.165, 1.54) is 12.8 Å². The predicted octanol–water partition coefficient (Wildman–Crippen LogP) is 3.93. The Morgan fingerprint density at radius 1 is 1.35 bits per heavy atom. The van der Waals surface area contributed by atoms with Gasteiger partial charge < -0.3 is 10.5 Å². The van der Waals surface area contributed by atoms with Gasteiger partial charge in [-0.15, -0.1) is 0 Å². The summed E-state index contributed by atoms with van der Waals surface area (Å²) in [5, 5.41) is 0.779. The minimum absolute atomic E-state index is 0.185. The average Bonchev–Trinajstić information content (AvgIpc) is 2.26. The van der Waals surface area contributed by atoms with E-state index < -0.39 is 0 Å². The van der Waals surface area contributed by atoms with Crippen molar-refractivity contribution >= 4 is 29.0 Å². The van der Waals surface area contributed by atoms with Gasteiger partial charge in [0.15, 0.2) is 0 Å². The van der Waals surface area contributed by atoms with Crippen molar-refractivity contribution in [2.75, 3.05) is 5.73 Å². The van der Waals surface area contributed by atoms with E-state index in [9.17, 15) is 0 Å². The number of nitrogens with two attached hydrogens (primary N) is 1. The van der Waals surface area contributed by atoms with Gasteiger partial charge in [-0.1, -0.05) is 36.5 Å². The third-order valence-corrected chi connectivity index (χ3v) is 3.66. The lowest BCUT2D eigenvalue weighted by atomic mass is 9.89. The van der Waals surface area contributed by atoms with Crippen LogP contribution in [0.15, 0.2) is 6.07 Å². The van der Waals surface area contributed by atoms with Crippen LogP contribution in [0.1, 0.15) is 32.6 Å². The van der Waals surface area contributed by atoms with E-state index in [0.29, 0.717) is 21.8 Å². The maximum atomic E-state index is 6.03. The predicted molar refractivity (Wildman–Crippen MR) is 70.7 cm³/mol.